The molecular formula is C18H29NO. The summed E-state index contributed by atoms with van der Waals surface area (Å²) < 4.78 is 5.60. The van der Waals surface area contributed by atoms with E-state index < -0.39 is 0 Å². The molecule has 0 bridgehead atoms. The first kappa shape index (κ1) is 16.9. The van der Waals surface area contributed by atoms with Crippen LogP contribution in [0.3, 0.4) is 0 Å². The Hall–Kier alpha value is -1.12. The SMILES string of the molecule is CC(C)(C)NCCCCCOCC=Cc1ccccc1. The van der Waals surface area contributed by atoms with Gasteiger partial charge in [0.1, 0.15) is 0 Å². The van der Waals surface area contributed by atoms with Crippen molar-refractivity contribution < 1.29 is 4.74 Å². The van der Waals surface area contributed by atoms with Gasteiger partial charge >= 0.3 is 0 Å². The fraction of sp³-hybridized carbons (Fsp3) is 0.556. The molecule has 0 aliphatic carbocycles. The number of unbranched alkanes of at least 4 members (excludes halogenated alkanes) is 2. The smallest absolute Gasteiger partial charge is 0.0650 e. The number of nitrogens with one attached hydrogen (secondary N) is 1. The Labute approximate surface area is 124 Å². The number of ether oxygens (including phenoxy) is 1. The molecule has 1 aromatic rings. The molecule has 0 fully saturated rings. The number of hydrogen-bond acceptors (Lipinski definition) is 2. The molecule has 0 aliphatic heterocycles. The third-order valence-electron chi connectivity index (χ3n) is 2.94. The van der Waals surface area contributed by atoms with Crippen molar-refractivity contribution >= 4 is 6.08 Å². The van der Waals surface area contributed by atoms with Crippen LogP contribution in [0.15, 0.2) is 36.4 Å². The van der Waals surface area contributed by atoms with Crippen molar-refractivity contribution in [3.63, 3.8) is 0 Å². The number of hydrogen-bond donors (Lipinski definition) is 1. The van der Waals surface area contributed by atoms with Gasteiger partial charge < -0.3 is 10.1 Å². The van der Waals surface area contributed by atoms with Gasteiger partial charge in [-0.1, -0.05) is 42.5 Å². The van der Waals surface area contributed by atoms with Gasteiger partial charge in [0.05, 0.1) is 6.61 Å². The van der Waals surface area contributed by atoms with Crippen LogP contribution in [0.2, 0.25) is 0 Å². The highest BCUT2D eigenvalue weighted by Crippen LogP contribution is 2.02. The molecule has 0 spiro atoms. The molecule has 0 unspecified atom stereocenters. The third-order valence-corrected chi connectivity index (χ3v) is 2.94. The van der Waals surface area contributed by atoms with Crippen molar-refractivity contribution in [3.8, 4) is 0 Å². The molecular weight excluding hydrogens is 246 g/mol. The molecule has 0 amide bonds. The predicted octanol–water partition coefficient (Wildman–Crippen LogP) is 4.27. The van der Waals surface area contributed by atoms with Crippen LogP contribution in [0.1, 0.15) is 45.6 Å². The van der Waals surface area contributed by atoms with Gasteiger partial charge in [-0.25, -0.2) is 0 Å². The maximum atomic E-state index is 5.60. The lowest BCUT2D eigenvalue weighted by molar-refractivity contribution is 0.157. The van der Waals surface area contributed by atoms with Crippen molar-refractivity contribution in [3.05, 3.63) is 42.0 Å². The van der Waals surface area contributed by atoms with Gasteiger partial charge in [0.2, 0.25) is 0 Å². The summed E-state index contributed by atoms with van der Waals surface area (Å²) >= 11 is 0. The van der Waals surface area contributed by atoms with Gasteiger partial charge in [-0.3, -0.25) is 0 Å². The van der Waals surface area contributed by atoms with Gasteiger partial charge in [-0.2, -0.15) is 0 Å². The van der Waals surface area contributed by atoms with Gasteiger partial charge in [-0.05, 0) is 52.1 Å². The first-order valence-corrected chi connectivity index (χ1v) is 7.62. The second-order valence-corrected chi connectivity index (χ2v) is 6.13. The largest absolute Gasteiger partial charge is 0.377 e. The van der Waals surface area contributed by atoms with Crippen molar-refractivity contribution in [1.29, 1.82) is 0 Å². The Kier molecular flexibility index (Phi) is 8.24. The monoisotopic (exact) mass is 275 g/mol. The lowest BCUT2D eigenvalue weighted by Crippen LogP contribution is -2.36. The van der Waals surface area contributed by atoms with E-state index in [0.717, 1.165) is 19.6 Å². The van der Waals surface area contributed by atoms with Gasteiger partial charge in [0.15, 0.2) is 0 Å². The molecule has 0 aliphatic rings. The Morgan fingerprint density at radius 3 is 2.50 bits per heavy atom. The van der Waals surface area contributed by atoms with Gasteiger partial charge in [0.25, 0.3) is 0 Å². The Balaban J connectivity index is 1.91. The van der Waals surface area contributed by atoms with E-state index in [1.807, 2.05) is 18.2 Å². The quantitative estimate of drug-likeness (QED) is 0.679. The maximum Gasteiger partial charge on any atom is 0.0650 e. The van der Waals surface area contributed by atoms with Crippen LogP contribution >= 0.6 is 0 Å². The molecule has 0 saturated carbocycles. The molecule has 0 saturated heterocycles. The summed E-state index contributed by atoms with van der Waals surface area (Å²) in [5, 5.41) is 3.50. The highest BCUT2D eigenvalue weighted by atomic mass is 16.5. The molecule has 1 N–H and O–H groups in total. The lowest BCUT2D eigenvalue weighted by Gasteiger charge is -2.20. The van der Waals surface area contributed by atoms with Crippen molar-refractivity contribution in [1.82, 2.24) is 5.32 Å². The van der Waals surface area contributed by atoms with Crippen LogP contribution in [0.25, 0.3) is 6.08 Å². The zero-order valence-corrected chi connectivity index (χ0v) is 13.2. The summed E-state index contributed by atoms with van der Waals surface area (Å²) in [6.07, 6.45) is 7.78. The molecule has 112 valence electrons. The Morgan fingerprint density at radius 2 is 1.80 bits per heavy atom. The summed E-state index contributed by atoms with van der Waals surface area (Å²) in [5.74, 6) is 0. The van der Waals surface area contributed by atoms with Gasteiger partial charge in [0, 0.05) is 12.1 Å². The van der Waals surface area contributed by atoms with Crippen LogP contribution in [0.4, 0.5) is 0 Å². The van der Waals surface area contributed by atoms with Gasteiger partial charge in [-0.15, -0.1) is 0 Å². The second kappa shape index (κ2) is 9.73. The lowest BCUT2D eigenvalue weighted by atomic mass is 10.1. The highest BCUT2D eigenvalue weighted by molar-refractivity contribution is 5.48. The Morgan fingerprint density at radius 1 is 1.05 bits per heavy atom. The molecule has 0 heterocycles. The minimum atomic E-state index is 0.235. The molecule has 0 radical (unpaired) electrons. The van der Waals surface area contributed by atoms with Crippen molar-refractivity contribution in [2.24, 2.45) is 0 Å². The maximum absolute atomic E-state index is 5.60. The molecule has 2 heteroatoms. The highest BCUT2D eigenvalue weighted by Gasteiger charge is 2.06. The molecule has 0 atom stereocenters. The minimum absolute atomic E-state index is 0.235. The summed E-state index contributed by atoms with van der Waals surface area (Å²) in [6, 6.07) is 10.3. The van der Waals surface area contributed by atoms with E-state index in [1.54, 1.807) is 0 Å². The van der Waals surface area contributed by atoms with E-state index >= 15 is 0 Å². The van der Waals surface area contributed by atoms with Crippen molar-refractivity contribution in [2.45, 2.75) is 45.6 Å². The van der Waals surface area contributed by atoms with E-state index in [4.69, 9.17) is 4.74 Å². The summed E-state index contributed by atoms with van der Waals surface area (Å²) in [4.78, 5) is 0. The summed E-state index contributed by atoms with van der Waals surface area (Å²) in [5.41, 5.74) is 1.46. The average Bonchev–Trinajstić information content (AvgIpc) is 2.41. The molecule has 1 rings (SSSR count). The Bertz CT molecular complexity index is 365. The fourth-order valence-electron chi connectivity index (χ4n) is 1.87. The summed E-state index contributed by atoms with van der Waals surface area (Å²) in [7, 11) is 0. The first-order valence-electron chi connectivity index (χ1n) is 7.62. The topological polar surface area (TPSA) is 21.3 Å². The molecule has 1 aromatic carbocycles. The van der Waals surface area contributed by atoms with Crippen LogP contribution in [0, 0.1) is 0 Å². The van der Waals surface area contributed by atoms with Crippen LogP contribution in [-0.2, 0) is 4.74 Å². The zero-order chi connectivity index (χ0) is 14.7. The molecule has 20 heavy (non-hydrogen) atoms. The van der Waals surface area contributed by atoms with Crippen molar-refractivity contribution in [2.75, 3.05) is 19.8 Å². The number of benzene rings is 1. The average molecular weight is 275 g/mol. The fourth-order valence-corrected chi connectivity index (χ4v) is 1.87. The normalized spacial score (nSPS) is 12.2. The third kappa shape index (κ3) is 9.76. The van der Waals surface area contributed by atoms with E-state index in [9.17, 15) is 0 Å². The second-order valence-electron chi connectivity index (χ2n) is 6.13. The molecule has 0 aromatic heterocycles. The zero-order valence-electron chi connectivity index (χ0n) is 13.2. The summed E-state index contributed by atoms with van der Waals surface area (Å²) in [6.45, 7) is 9.26. The van der Waals surface area contributed by atoms with E-state index in [1.165, 1.54) is 18.4 Å². The van der Waals surface area contributed by atoms with E-state index in [0.29, 0.717) is 6.61 Å². The van der Waals surface area contributed by atoms with Crippen LogP contribution < -0.4 is 5.32 Å². The van der Waals surface area contributed by atoms with Crippen LogP contribution in [0.5, 0.6) is 0 Å². The predicted molar refractivity (Wildman–Crippen MR) is 87.9 cm³/mol. The van der Waals surface area contributed by atoms with E-state index in [-0.39, 0.29) is 5.54 Å². The number of rotatable bonds is 9. The van der Waals surface area contributed by atoms with E-state index in [2.05, 4.69) is 50.4 Å². The van der Waals surface area contributed by atoms with Crippen LogP contribution in [-0.4, -0.2) is 25.3 Å². The first-order chi connectivity index (χ1) is 9.58. The molecule has 2 nitrogen and oxygen atoms in total. The standard InChI is InChI=1S/C18H29NO/c1-18(2,3)19-14-8-5-9-15-20-16-10-13-17-11-6-4-7-12-17/h4,6-7,10-13,19H,5,8-9,14-16H2,1-3H3. The minimum Gasteiger partial charge on any atom is -0.377 e.